The van der Waals surface area contributed by atoms with Gasteiger partial charge in [0.1, 0.15) is 0 Å². The predicted molar refractivity (Wildman–Crippen MR) is 103 cm³/mol. The van der Waals surface area contributed by atoms with Crippen LogP contribution in [0.25, 0.3) is 0 Å². The SMILES string of the molecule is [2H]C1([2H])N(C)C([2H])([2H])C([2H])([2H])N(CCCN2c3ccccc3S(=O)c3ccccc32)C1([2H])[2H]. The van der Waals surface area contributed by atoms with Gasteiger partial charge < -0.3 is 14.7 Å². The summed E-state index contributed by atoms with van der Waals surface area (Å²) in [4.78, 5) is 4.38. The Morgan fingerprint density at radius 1 is 0.920 bits per heavy atom. The Kier molecular flexibility index (Phi) is 2.87. The van der Waals surface area contributed by atoms with Crippen molar-refractivity contribution in [1.29, 1.82) is 0 Å². The molecular weight excluding hydrogens is 330 g/mol. The number of anilines is 2. The van der Waals surface area contributed by atoms with Crippen molar-refractivity contribution >= 4 is 22.2 Å². The summed E-state index contributed by atoms with van der Waals surface area (Å²) in [5.74, 6) is 0. The molecule has 2 aromatic carbocycles. The van der Waals surface area contributed by atoms with Crippen molar-refractivity contribution in [3.05, 3.63) is 48.5 Å². The molecule has 0 aliphatic carbocycles. The number of hydrogen-bond acceptors (Lipinski definition) is 4. The van der Waals surface area contributed by atoms with Crippen molar-refractivity contribution in [2.24, 2.45) is 0 Å². The summed E-state index contributed by atoms with van der Waals surface area (Å²) < 4.78 is 79.1. The molecule has 4 nitrogen and oxygen atoms in total. The van der Waals surface area contributed by atoms with E-state index in [9.17, 15) is 4.21 Å². The van der Waals surface area contributed by atoms with Crippen molar-refractivity contribution in [2.45, 2.75) is 16.2 Å². The van der Waals surface area contributed by atoms with Crippen LogP contribution in [0.2, 0.25) is 0 Å². The van der Waals surface area contributed by atoms with E-state index >= 15 is 0 Å². The Balaban J connectivity index is 1.63. The fourth-order valence-corrected chi connectivity index (χ4v) is 4.37. The van der Waals surface area contributed by atoms with Crippen molar-refractivity contribution < 1.29 is 15.2 Å². The zero-order chi connectivity index (χ0) is 24.4. The van der Waals surface area contributed by atoms with Gasteiger partial charge in [-0.15, -0.1) is 0 Å². The summed E-state index contributed by atoms with van der Waals surface area (Å²) in [5.41, 5.74) is 1.48. The molecule has 1 fully saturated rings. The van der Waals surface area contributed by atoms with Gasteiger partial charge in [0, 0.05) is 43.5 Å². The first-order valence-electron chi connectivity index (χ1n) is 12.2. The van der Waals surface area contributed by atoms with Gasteiger partial charge in [0.15, 0.2) is 0 Å². The molecule has 0 spiro atoms. The highest BCUT2D eigenvalue weighted by molar-refractivity contribution is 7.85. The van der Waals surface area contributed by atoms with Gasteiger partial charge in [-0.1, -0.05) is 24.3 Å². The molecule has 0 N–H and O–H groups in total. The van der Waals surface area contributed by atoms with Crippen LogP contribution in [0.1, 0.15) is 17.4 Å². The average Bonchev–Trinajstić information content (AvgIpc) is 2.76. The summed E-state index contributed by atoms with van der Waals surface area (Å²) in [6, 6.07) is 14.5. The quantitative estimate of drug-likeness (QED) is 0.834. The maximum absolute atomic E-state index is 13.0. The maximum Gasteiger partial charge on any atom is 0.0892 e. The van der Waals surface area contributed by atoms with E-state index in [4.69, 9.17) is 11.0 Å². The fraction of sp³-hybridized carbons (Fsp3) is 0.400. The molecule has 2 heterocycles. The van der Waals surface area contributed by atoms with E-state index in [2.05, 4.69) is 0 Å². The lowest BCUT2D eigenvalue weighted by atomic mass is 10.2. The van der Waals surface area contributed by atoms with Crippen LogP contribution < -0.4 is 4.90 Å². The molecule has 0 radical (unpaired) electrons. The Morgan fingerprint density at radius 3 is 2.08 bits per heavy atom. The van der Waals surface area contributed by atoms with Crippen LogP contribution in [0.3, 0.4) is 0 Å². The summed E-state index contributed by atoms with van der Waals surface area (Å²) in [5, 5.41) is 0. The van der Waals surface area contributed by atoms with E-state index < -0.39 is 36.8 Å². The number of para-hydroxylation sites is 2. The third-order valence-corrected chi connectivity index (χ3v) is 5.67. The van der Waals surface area contributed by atoms with E-state index in [-0.39, 0.29) is 13.0 Å². The van der Waals surface area contributed by atoms with E-state index in [0.717, 1.165) is 18.4 Å². The Hall–Kier alpha value is -1.69. The predicted octanol–water partition coefficient (Wildman–Crippen LogP) is 2.94. The highest BCUT2D eigenvalue weighted by Gasteiger charge is 2.27. The molecule has 0 aromatic heterocycles. The molecule has 132 valence electrons. The second kappa shape index (κ2) is 7.28. The minimum atomic E-state index is -2.78. The van der Waals surface area contributed by atoms with Crippen molar-refractivity contribution in [2.75, 3.05) is 51.0 Å². The molecule has 2 aromatic rings. The minimum absolute atomic E-state index is 0.212. The average molecular weight is 364 g/mol. The summed E-state index contributed by atoms with van der Waals surface area (Å²) in [6.45, 7) is -11.0. The zero-order valence-corrected chi connectivity index (χ0v) is 14.7. The Morgan fingerprint density at radius 2 is 1.48 bits per heavy atom. The molecule has 0 unspecified atom stereocenters. The zero-order valence-electron chi connectivity index (χ0n) is 21.9. The van der Waals surface area contributed by atoms with Crippen molar-refractivity contribution in [1.82, 2.24) is 9.80 Å². The lowest BCUT2D eigenvalue weighted by Gasteiger charge is -2.35. The number of nitrogens with zero attached hydrogens (tertiary/aromatic N) is 3. The summed E-state index contributed by atoms with van der Waals surface area (Å²) in [6.07, 6.45) is 0.212. The van der Waals surface area contributed by atoms with Crippen LogP contribution in [-0.4, -0.2) is 60.1 Å². The van der Waals surface area contributed by atoms with Gasteiger partial charge in [-0.3, -0.25) is 0 Å². The van der Waals surface area contributed by atoms with E-state index in [1.807, 2.05) is 29.2 Å². The van der Waals surface area contributed by atoms with Crippen LogP contribution >= 0.6 is 0 Å². The van der Waals surface area contributed by atoms with Crippen LogP contribution in [0.5, 0.6) is 0 Å². The topological polar surface area (TPSA) is 26.8 Å². The number of rotatable bonds is 4. The number of benzene rings is 2. The monoisotopic (exact) mass is 363 g/mol. The van der Waals surface area contributed by atoms with Crippen LogP contribution in [0.4, 0.5) is 11.4 Å². The number of hydrogen-bond donors (Lipinski definition) is 0. The van der Waals surface area contributed by atoms with Crippen LogP contribution in [0, 0.1) is 0 Å². The summed E-state index contributed by atoms with van der Waals surface area (Å²) >= 11 is 0. The lowest BCUT2D eigenvalue weighted by Crippen LogP contribution is -2.45. The van der Waals surface area contributed by atoms with Crippen molar-refractivity contribution in [3.8, 4) is 0 Å². The van der Waals surface area contributed by atoms with Gasteiger partial charge in [-0.05, 0) is 44.3 Å². The molecule has 25 heavy (non-hydrogen) atoms. The third-order valence-electron chi connectivity index (χ3n) is 4.18. The molecule has 0 bridgehead atoms. The lowest BCUT2D eigenvalue weighted by molar-refractivity contribution is 0.153. The largest absolute Gasteiger partial charge is 0.339 e. The molecule has 0 saturated carbocycles. The molecule has 0 atom stereocenters. The molecular formula is C20H25N3OS. The number of fused-ring (bicyclic) bond motifs is 2. The van der Waals surface area contributed by atoms with E-state index in [1.54, 1.807) is 24.3 Å². The van der Waals surface area contributed by atoms with Crippen LogP contribution in [0.15, 0.2) is 58.3 Å². The standard InChI is InChI=1S/C20H25N3OS/c1-21-13-15-22(16-14-21)11-6-12-23-17-7-2-4-9-19(17)25(24)20-10-5-3-8-18(20)23/h2-5,7-10H,6,11-16H2,1H3/i13D2,14D2,15D2,16D2. The maximum atomic E-state index is 13.0. The summed E-state index contributed by atoms with van der Waals surface area (Å²) in [7, 11) is -0.297. The van der Waals surface area contributed by atoms with Gasteiger partial charge in [0.2, 0.25) is 0 Å². The van der Waals surface area contributed by atoms with Gasteiger partial charge in [0.05, 0.1) is 32.0 Å². The number of likely N-dealkylation sites (N-methyl/N-ethyl adjacent to an activating group) is 1. The molecule has 2 aliphatic rings. The minimum Gasteiger partial charge on any atom is -0.339 e. The van der Waals surface area contributed by atoms with E-state index in [1.165, 1.54) is 0 Å². The highest BCUT2D eigenvalue weighted by Crippen LogP contribution is 2.41. The van der Waals surface area contributed by atoms with Crippen LogP contribution in [-0.2, 0) is 10.8 Å². The third kappa shape index (κ3) is 3.36. The van der Waals surface area contributed by atoms with Crippen molar-refractivity contribution in [3.63, 3.8) is 0 Å². The molecule has 1 saturated heterocycles. The van der Waals surface area contributed by atoms with Gasteiger partial charge >= 0.3 is 0 Å². The second-order valence-electron chi connectivity index (χ2n) is 5.87. The van der Waals surface area contributed by atoms with Gasteiger partial charge in [0.25, 0.3) is 0 Å². The second-order valence-corrected chi connectivity index (χ2v) is 7.28. The Labute approximate surface area is 163 Å². The van der Waals surface area contributed by atoms with Gasteiger partial charge in [-0.25, -0.2) is 4.21 Å². The first kappa shape index (κ1) is 9.86. The normalized spacial score (nSPS) is 31.6. The smallest absolute Gasteiger partial charge is 0.0892 e. The van der Waals surface area contributed by atoms with E-state index in [0.29, 0.717) is 26.1 Å². The highest BCUT2D eigenvalue weighted by atomic mass is 32.2. The first-order valence-corrected chi connectivity index (χ1v) is 9.30. The Bertz CT molecular complexity index is 1020. The molecule has 2 aliphatic heterocycles. The number of piperazine rings is 1. The molecule has 0 amide bonds. The molecule has 4 rings (SSSR count). The fourth-order valence-electron chi connectivity index (χ4n) is 2.99. The molecule has 5 heteroatoms. The first-order chi connectivity index (χ1) is 15.3. The van der Waals surface area contributed by atoms with Gasteiger partial charge in [-0.2, -0.15) is 0 Å².